The van der Waals surface area contributed by atoms with Crippen molar-refractivity contribution in [2.75, 3.05) is 13.1 Å². The second kappa shape index (κ2) is 8.88. The summed E-state index contributed by atoms with van der Waals surface area (Å²) < 4.78 is 67.2. The van der Waals surface area contributed by atoms with Gasteiger partial charge in [0.1, 0.15) is 0 Å². The molecule has 7 nitrogen and oxygen atoms in total. The number of benzene rings is 2. The van der Waals surface area contributed by atoms with E-state index in [2.05, 4.69) is 4.98 Å². The number of aliphatic carboxylic acids is 1. The fourth-order valence-electron chi connectivity index (χ4n) is 4.17. The number of pyridine rings is 1. The van der Waals surface area contributed by atoms with Gasteiger partial charge in [-0.1, -0.05) is 18.2 Å². The van der Waals surface area contributed by atoms with Crippen molar-refractivity contribution < 1.29 is 31.5 Å². The maximum atomic E-state index is 13.4. The Hall–Kier alpha value is -3.18. The molecule has 1 atom stereocenters. The number of halogens is 3. The van der Waals surface area contributed by atoms with Crippen LogP contribution in [0.4, 0.5) is 13.2 Å². The number of H-pyrrole nitrogens is 1. The number of fused-ring (bicyclic) bond motifs is 1. The number of aromatic amines is 1. The van der Waals surface area contributed by atoms with E-state index in [1.54, 1.807) is 18.2 Å². The molecule has 3 aromatic rings. The largest absolute Gasteiger partial charge is 0.481 e. The van der Waals surface area contributed by atoms with Gasteiger partial charge in [0.15, 0.2) is 0 Å². The molecule has 2 heterocycles. The fourth-order valence-corrected chi connectivity index (χ4v) is 5.70. The molecule has 11 heteroatoms. The van der Waals surface area contributed by atoms with Gasteiger partial charge in [-0.15, -0.1) is 0 Å². The number of piperidine rings is 1. The molecule has 1 aromatic heterocycles. The Morgan fingerprint density at radius 3 is 2.41 bits per heavy atom. The number of hydrogen-bond donors (Lipinski definition) is 2. The maximum Gasteiger partial charge on any atom is 0.417 e. The third-order valence-electron chi connectivity index (χ3n) is 5.92. The first kappa shape index (κ1) is 24.0. The molecule has 2 aromatic carbocycles. The van der Waals surface area contributed by atoms with Crippen LogP contribution in [0.15, 0.2) is 58.2 Å². The molecule has 1 fully saturated rings. The summed E-state index contributed by atoms with van der Waals surface area (Å²) >= 11 is 0. The van der Waals surface area contributed by atoms with Gasteiger partial charge in [-0.05, 0) is 54.7 Å². The summed E-state index contributed by atoms with van der Waals surface area (Å²) in [5.74, 6) is -1.77. The normalized spacial score (nSPS) is 17.7. The Morgan fingerprint density at radius 1 is 1.09 bits per heavy atom. The predicted molar refractivity (Wildman–Crippen MR) is 118 cm³/mol. The van der Waals surface area contributed by atoms with Gasteiger partial charge in [0, 0.05) is 30.1 Å². The number of sulfonamides is 1. The second-order valence-electron chi connectivity index (χ2n) is 8.29. The first-order chi connectivity index (χ1) is 15.9. The summed E-state index contributed by atoms with van der Waals surface area (Å²) in [6.07, 6.45) is -3.55. The van der Waals surface area contributed by atoms with Gasteiger partial charge >= 0.3 is 12.1 Å². The lowest BCUT2D eigenvalue weighted by Gasteiger charge is -2.29. The van der Waals surface area contributed by atoms with Crippen molar-refractivity contribution in [3.8, 4) is 0 Å². The van der Waals surface area contributed by atoms with Gasteiger partial charge in [-0.3, -0.25) is 9.59 Å². The summed E-state index contributed by atoms with van der Waals surface area (Å²) in [5, 5.41) is 9.09. The number of carboxylic acid groups (broad SMARTS) is 1. The Balaban J connectivity index is 1.58. The molecule has 0 saturated carbocycles. The van der Waals surface area contributed by atoms with Gasteiger partial charge in [-0.2, -0.15) is 17.5 Å². The Bertz CT molecular complexity index is 1400. The number of alkyl halides is 3. The van der Waals surface area contributed by atoms with Gasteiger partial charge in [0.2, 0.25) is 15.6 Å². The number of nitrogens with one attached hydrogen (secondary N) is 1. The quantitative estimate of drug-likeness (QED) is 0.563. The van der Waals surface area contributed by atoms with Crippen molar-refractivity contribution >= 4 is 26.9 Å². The van der Waals surface area contributed by atoms with Crippen molar-refractivity contribution in [1.29, 1.82) is 0 Å². The topological polar surface area (TPSA) is 108 Å². The zero-order chi connectivity index (χ0) is 24.7. The smallest absolute Gasteiger partial charge is 0.417 e. The van der Waals surface area contributed by atoms with Crippen LogP contribution in [0, 0.1) is 5.92 Å². The first-order valence-corrected chi connectivity index (χ1v) is 11.9. The molecule has 1 aliphatic heterocycles. The van der Waals surface area contributed by atoms with Crippen LogP contribution < -0.4 is 5.56 Å². The van der Waals surface area contributed by atoms with E-state index in [0.717, 1.165) is 0 Å². The van der Waals surface area contributed by atoms with Crippen LogP contribution in [0.2, 0.25) is 0 Å². The number of carbonyl (C=O) groups is 1. The molecule has 0 aliphatic carbocycles. The highest BCUT2D eigenvalue weighted by Gasteiger charge is 2.34. The zero-order valence-electron chi connectivity index (χ0n) is 17.8. The van der Waals surface area contributed by atoms with E-state index in [-0.39, 0.29) is 35.3 Å². The molecule has 34 heavy (non-hydrogen) atoms. The summed E-state index contributed by atoms with van der Waals surface area (Å²) in [6.45, 7) is 0.161. The first-order valence-electron chi connectivity index (χ1n) is 10.5. The average Bonchev–Trinajstić information content (AvgIpc) is 2.78. The van der Waals surface area contributed by atoms with E-state index in [0.29, 0.717) is 30.0 Å². The molecular weight excluding hydrogens is 473 g/mol. The van der Waals surface area contributed by atoms with Crippen LogP contribution in [0.25, 0.3) is 10.9 Å². The fraction of sp³-hybridized carbons (Fsp3) is 0.304. The van der Waals surface area contributed by atoms with Crippen LogP contribution in [-0.4, -0.2) is 41.9 Å². The highest BCUT2D eigenvalue weighted by Crippen LogP contribution is 2.34. The van der Waals surface area contributed by atoms with E-state index >= 15 is 0 Å². The summed E-state index contributed by atoms with van der Waals surface area (Å²) in [6, 6.07) is 10.9. The molecule has 1 saturated heterocycles. The lowest BCUT2D eigenvalue weighted by molar-refractivity contribution is -0.143. The minimum atomic E-state index is -4.69. The molecule has 1 aliphatic rings. The molecule has 4 rings (SSSR count). The third-order valence-corrected chi connectivity index (χ3v) is 7.79. The molecular formula is C23H21F3N2O5S. The van der Waals surface area contributed by atoms with Crippen LogP contribution in [-0.2, 0) is 27.4 Å². The molecule has 0 bridgehead atoms. The van der Waals surface area contributed by atoms with E-state index < -0.39 is 39.2 Å². The monoisotopic (exact) mass is 494 g/mol. The molecule has 0 amide bonds. The van der Waals surface area contributed by atoms with Gasteiger partial charge < -0.3 is 10.1 Å². The highest BCUT2D eigenvalue weighted by molar-refractivity contribution is 7.89. The van der Waals surface area contributed by atoms with E-state index in [1.165, 1.54) is 28.6 Å². The number of aromatic nitrogens is 1. The minimum Gasteiger partial charge on any atom is -0.481 e. The van der Waals surface area contributed by atoms with E-state index in [1.807, 2.05) is 0 Å². The second-order valence-corrected chi connectivity index (χ2v) is 10.2. The van der Waals surface area contributed by atoms with Crippen LogP contribution in [0.5, 0.6) is 0 Å². The van der Waals surface area contributed by atoms with Crippen LogP contribution >= 0.6 is 0 Å². The Kier molecular flexibility index (Phi) is 6.26. The van der Waals surface area contributed by atoms with Crippen molar-refractivity contribution in [1.82, 2.24) is 9.29 Å². The average molecular weight is 494 g/mol. The minimum absolute atomic E-state index is 0.0257. The van der Waals surface area contributed by atoms with E-state index in [4.69, 9.17) is 0 Å². The lowest BCUT2D eigenvalue weighted by atomic mass is 10.0. The summed E-state index contributed by atoms with van der Waals surface area (Å²) in [5.41, 5.74) is -0.547. The molecule has 0 spiro atoms. The molecule has 1 unspecified atom stereocenters. The maximum absolute atomic E-state index is 13.4. The third kappa shape index (κ3) is 4.85. The Morgan fingerprint density at radius 2 is 1.76 bits per heavy atom. The van der Waals surface area contributed by atoms with Crippen molar-refractivity contribution in [2.45, 2.75) is 30.3 Å². The Labute approximate surface area is 192 Å². The van der Waals surface area contributed by atoms with Crippen LogP contribution in [0.3, 0.4) is 0 Å². The molecule has 180 valence electrons. The van der Waals surface area contributed by atoms with Gasteiger partial charge in [0.25, 0.3) is 0 Å². The van der Waals surface area contributed by atoms with Gasteiger partial charge in [-0.25, -0.2) is 8.42 Å². The van der Waals surface area contributed by atoms with Crippen molar-refractivity contribution in [3.05, 3.63) is 75.6 Å². The number of rotatable bonds is 5. The van der Waals surface area contributed by atoms with E-state index in [9.17, 15) is 36.3 Å². The molecule has 2 N–H and O–H groups in total. The SMILES string of the molecule is O=C(O)C1CCCN(S(=O)(=O)c2ccc(Cc3ccc4[nH]c(=O)cc(C(F)(F)F)c4c3)cc2)C1. The number of nitrogens with zero attached hydrogens (tertiary/aromatic N) is 1. The predicted octanol–water partition coefficient (Wildman–Crippen LogP) is 3.62. The standard InChI is InChI=1S/C23H21F3N2O5S/c24-23(25,26)19-12-21(29)27-20-8-5-15(11-18(19)20)10-14-3-6-17(7-4-14)34(32,33)28-9-1-2-16(13-28)22(30)31/h3-8,11-12,16H,1-2,9-10,13H2,(H,27,29)(H,30,31). The van der Waals surface area contributed by atoms with Crippen molar-refractivity contribution in [2.24, 2.45) is 5.92 Å². The lowest BCUT2D eigenvalue weighted by Crippen LogP contribution is -2.42. The van der Waals surface area contributed by atoms with Gasteiger partial charge in [0.05, 0.1) is 16.4 Å². The zero-order valence-corrected chi connectivity index (χ0v) is 18.6. The number of hydrogen-bond acceptors (Lipinski definition) is 4. The van der Waals surface area contributed by atoms with Crippen LogP contribution in [0.1, 0.15) is 29.5 Å². The number of carboxylic acids is 1. The molecule has 0 radical (unpaired) electrons. The summed E-state index contributed by atoms with van der Waals surface area (Å²) in [4.78, 5) is 25.2. The van der Waals surface area contributed by atoms with Crippen molar-refractivity contribution in [3.63, 3.8) is 0 Å². The summed E-state index contributed by atoms with van der Waals surface area (Å²) in [7, 11) is -3.86. The highest BCUT2D eigenvalue weighted by atomic mass is 32.2.